The van der Waals surface area contributed by atoms with E-state index in [1.165, 1.54) is 18.5 Å². The number of rotatable bonds is 1. The Hall–Kier alpha value is -0.720. The maximum absolute atomic E-state index is 3.19. The predicted molar refractivity (Wildman–Crippen MR) is 53.9 cm³/mol. The molecule has 0 heterocycles. The van der Waals surface area contributed by atoms with Crippen molar-refractivity contribution in [3.63, 3.8) is 0 Å². The molecule has 1 rings (SSSR count). The average molecular weight is 165 g/mol. The first-order valence-corrected chi connectivity index (χ1v) is 4.62. The SMILES string of the molecule is CNC1=CC=C(C(C)(C)C)CC1. The number of hydrogen-bond acceptors (Lipinski definition) is 1. The third-order valence-electron chi connectivity index (χ3n) is 2.43. The normalized spacial score (nSPS) is 18.3. The van der Waals surface area contributed by atoms with E-state index in [1.807, 2.05) is 7.05 Å². The topological polar surface area (TPSA) is 12.0 Å². The minimum atomic E-state index is 0.343. The molecule has 0 spiro atoms. The molecular weight excluding hydrogens is 146 g/mol. The van der Waals surface area contributed by atoms with E-state index in [4.69, 9.17) is 0 Å². The van der Waals surface area contributed by atoms with Gasteiger partial charge in [0.1, 0.15) is 0 Å². The molecule has 1 N–H and O–H groups in total. The number of allylic oxidation sites excluding steroid dienone is 4. The van der Waals surface area contributed by atoms with Gasteiger partial charge in [-0.3, -0.25) is 0 Å². The zero-order chi connectivity index (χ0) is 9.19. The van der Waals surface area contributed by atoms with Crippen LogP contribution in [0, 0.1) is 5.41 Å². The van der Waals surface area contributed by atoms with Crippen LogP contribution in [0.2, 0.25) is 0 Å². The lowest BCUT2D eigenvalue weighted by molar-refractivity contribution is 0.477. The molecule has 0 radical (unpaired) electrons. The van der Waals surface area contributed by atoms with Crippen LogP contribution in [0.25, 0.3) is 0 Å². The monoisotopic (exact) mass is 165 g/mol. The Kier molecular flexibility index (Phi) is 2.61. The summed E-state index contributed by atoms with van der Waals surface area (Å²) < 4.78 is 0. The lowest BCUT2D eigenvalue weighted by atomic mass is 9.81. The molecule has 0 aromatic rings. The van der Waals surface area contributed by atoms with Gasteiger partial charge in [-0.05, 0) is 24.3 Å². The lowest BCUT2D eigenvalue weighted by Gasteiger charge is -2.25. The summed E-state index contributed by atoms with van der Waals surface area (Å²) >= 11 is 0. The van der Waals surface area contributed by atoms with Crippen molar-refractivity contribution in [1.82, 2.24) is 5.32 Å². The lowest BCUT2D eigenvalue weighted by Crippen LogP contribution is -2.15. The minimum absolute atomic E-state index is 0.343. The molecule has 0 saturated carbocycles. The fourth-order valence-electron chi connectivity index (χ4n) is 1.47. The van der Waals surface area contributed by atoms with Crippen LogP contribution in [0.15, 0.2) is 23.4 Å². The fourth-order valence-corrected chi connectivity index (χ4v) is 1.47. The third-order valence-corrected chi connectivity index (χ3v) is 2.43. The molecule has 0 amide bonds. The van der Waals surface area contributed by atoms with E-state index in [-0.39, 0.29) is 0 Å². The molecule has 0 atom stereocenters. The smallest absolute Gasteiger partial charge is 0.0107 e. The van der Waals surface area contributed by atoms with Crippen molar-refractivity contribution < 1.29 is 0 Å². The Labute approximate surface area is 75.6 Å². The van der Waals surface area contributed by atoms with Crippen LogP contribution in [0.5, 0.6) is 0 Å². The molecule has 1 aliphatic rings. The van der Waals surface area contributed by atoms with Crippen LogP contribution in [-0.4, -0.2) is 7.05 Å². The molecule has 12 heavy (non-hydrogen) atoms. The molecule has 1 heteroatoms. The summed E-state index contributed by atoms with van der Waals surface area (Å²) in [6.45, 7) is 6.82. The summed E-state index contributed by atoms with van der Waals surface area (Å²) in [5, 5.41) is 3.19. The Balaban J connectivity index is 2.73. The second-order valence-corrected chi connectivity index (χ2v) is 4.38. The van der Waals surface area contributed by atoms with Gasteiger partial charge in [0, 0.05) is 12.7 Å². The van der Waals surface area contributed by atoms with Crippen molar-refractivity contribution in [3.8, 4) is 0 Å². The molecule has 0 aromatic heterocycles. The van der Waals surface area contributed by atoms with Gasteiger partial charge in [0.25, 0.3) is 0 Å². The van der Waals surface area contributed by atoms with E-state index in [0.717, 1.165) is 0 Å². The van der Waals surface area contributed by atoms with Gasteiger partial charge in [0.2, 0.25) is 0 Å². The van der Waals surface area contributed by atoms with Crippen molar-refractivity contribution in [2.24, 2.45) is 5.41 Å². The van der Waals surface area contributed by atoms with Crippen molar-refractivity contribution in [3.05, 3.63) is 23.4 Å². The molecule has 68 valence electrons. The maximum Gasteiger partial charge on any atom is 0.0107 e. The molecule has 1 nitrogen and oxygen atoms in total. The number of hydrogen-bond donors (Lipinski definition) is 1. The van der Waals surface area contributed by atoms with E-state index in [9.17, 15) is 0 Å². The quantitative estimate of drug-likeness (QED) is 0.630. The van der Waals surface area contributed by atoms with Gasteiger partial charge in [-0.1, -0.05) is 32.4 Å². The van der Waals surface area contributed by atoms with E-state index in [0.29, 0.717) is 5.41 Å². The van der Waals surface area contributed by atoms with E-state index >= 15 is 0 Å². The van der Waals surface area contributed by atoms with Crippen LogP contribution in [0.4, 0.5) is 0 Å². The fraction of sp³-hybridized carbons (Fsp3) is 0.636. The highest BCUT2D eigenvalue weighted by Gasteiger charge is 2.18. The molecule has 0 fully saturated rings. The van der Waals surface area contributed by atoms with Gasteiger partial charge in [0.15, 0.2) is 0 Å². The zero-order valence-electron chi connectivity index (χ0n) is 8.57. The summed E-state index contributed by atoms with van der Waals surface area (Å²) in [5.74, 6) is 0. The highest BCUT2D eigenvalue weighted by Crippen LogP contribution is 2.32. The summed E-state index contributed by atoms with van der Waals surface area (Å²) in [4.78, 5) is 0. The molecule has 1 aliphatic carbocycles. The Morgan fingerprint density at radius 3 is 2.17 bits per heavy atom. The molecule has 0 saturated heterocycles. The molecule has 0 bridgehead atoms. The average Bonchev–Trinajstić information content (AvgIpc) is 2.03. The molecule has 0 aliphatic heterocycles. The highest BCUT2D eigenvalue weighted by molar-refractivity contribution is 5.26. The first-order chi connectivity index (χ1) is 5.54. The second kappa shape index (κ2) is 3.34. The van der Waals surface area contributed by atoms with Crippen LogP contribution in [0.3, 0.4) is 0 Å². The van der Waals surface area contributed by atoms with Gasteiger partial charge in [-0.25, -0.2) is 0 Å². The first-order valence-electron chi connectivity index (χ1n) is 4.62. The Bertz CT molecular complexity index is 216. The maximum atomic E-state index is 3.19. The molecule has 0 unspecified atom stereocenters. The molecular formula is C11H19N. The molecule has 0 aromatic carbocycles. The van der Waals surface area contributed by atoms with E-state index in [2.05, 4.69) is 38.2 Å². The van der Waals surface area contributed by atoms with Gasteiger partial charge < -0.3 is 5.32 Å². The summed E-state index contributed by atoms with van der Waals surface area (Å²) in [6, 6.07) is 0. The van der Waals surface area contributed by atoms with Crippen molar-refractivity contribution in [1.29, 1.82) is 0 Å². The van der Waals surface area contributed by atoms with Crippen molar-refractivity contribution in [2.75, 3.05) is 7.05 Å². The Morgan fingerprint density at radius 2 is 1.83 bits per heavy atom. The van der Waals surface area contributed by atoms with Crippen LogP contribution >= 0.6 is 0 Å². The third kappa shape index (κ3) is 2.13. The summed E-state index contributed by atoms with van der Waals surface area (Å²) in [5.41, 5.74) is 3.25. The minimum Gasteiger partial charge on any atom is -0.391 e. The number of nitrogens with one attached hydrogen (secondary N) is 1. The zero-order valence-corrected chi connectivity index (χ0v) is 8.57. The van der Waals surface area contributed by atoms with Crippen LogP contribution < -0.4 is 5.32 Å². The first kappa shape index (κ1) is 9.37. The highest BCUT2D eigenvalue weighted by atomic mass is 14.8. The largest absolute Gasteiger partial charge is 0.391 e. The van der Waals surface area contributed by atoms with Crippen molar-refractivity contribution in [2.45, 2.75) is 33.6 Å². The van der Waals surface area contributed by atoms with Gasteiger partial charge >= 0.3 is 0 Å². The van der Waals surface area contributed by atoms with Gasteiger partial charge in [0.05, 0.1) is 0 Å². The standard InChI is InChI=1S/C11H19N/c1-11(2,3)9-5-7-10(12-4)8-6-9/h5,7,12H,6,8H2,1-4H3. The predicted octanol–water partition coefficient (Wildman–Crippen LogP) is 2.86. The van der Waals surface area contributed by atoms with Crippen molar-refractivity contribution >= 4 is 0 Å². The van der Waals surface area contributed by atoms with Gasteiger partial charge in [-0.2, -0.15) is 0 Å². The van der Waals surface area contributed by atoms with E-state index < -0.39 is 0 Å². The summed E-state index contributed by atoms with van der Waals surface area (Å²) in [7, 11) is 1.99. The van der Waals surface area contributed by atoms with Crippen LogP contribution in [0.1, 0.15) is 33.6 Å². The van der Waals surface area contributed by atoms with Gasteiger partial charge in [-0.15, -0.1) is 0 Å². The van der Waals surface area contributed by atoms with Crippen LogP contribution in [-0.2, 0) is 0 Å². The second-order valence-electron chi connectivity index (χ2n) is 4.38. The Morgan fingerprint density at radius 1 is 1.17 bits per heavy atom. The summed E-state index contributed by atoms with van der Waals surface area (Å²) in [6.07, 6.45) is 6.83. The van der Waals surface area contributed by atoms with E-state index in [1.54, 1.807) is 5.57 Å².